The fourth-order valence-corrected chi connectivity index (χ4v) is 5.40. The average molecular weight is 435 g/mol. The molecule has 5 rings (SSSR count). The first-order chi connectivity index (χ1) is 15.4. The summed E-state index contributed by atoms with van der Waals surface area (Å²) in [7, 11) is 1.71. The molecule has 3 N–H and O–H groups in total. The Hall–Kier alpha value is -2.83. The minimum absolute atomic E-state index is 0.0113. The van der Waals surface area contributed by atoms with Gasteiger partial charge in [-0.15, -0.1) is 0 Å². The summed E-state index contributed by atoms with van der Waals surface area (Å²) in [5.74, 6) is 0.333. The molecule has 168 valence electrons. The van der Waals surface area contributed by atoms with Gasteiger partial charge in [0.15, 0.2) is 0 Å². The van der Waals surface area contributed by atoms with Gasteiger partial charge in [-0.25, -0.2) is 4.79 Å². The number of carboxylic acids is 1. The molecule has 6 heteroatoms. The molecule has 32 heavy (non-hydrogen) atoms. The van der Waals surface area contributed by atoms with Gasteiger partial charge in [0.2, 0.25) is 0 Å². The first-order valence-electron chi connectivity index (χ1n) is 11.3. The number of aromatic nitrogens is 1. The zero-order valence-corrected chi connectivity index (χ0v) is 18.6. The summed E-state index contributed by atoms with van der Waals surface area (Å²) in [6.07, 6.45) is 5.57. The van der Waals surface area contributed by atoms with E-state index in [9.17, 15) is 15.0 Å². The first-order valence-corrected chi connectivity index (χ1v) is 11.3. The minimum Gasteiger partial charge on any atom is -0.496 e. The number of aromatic carboxylic acids is 1. The summed E-state index contributed by atoms with van der Waals surface area (Å²) in [4.78, 5) is 17.1. The van der Waals surface area contributed by atoms with E-state index in [4.69, 9.17) is 4.74 Å². The maximum Gasteiger partial charge on any atom is 0.335 e. The number of likely N-dealkylation sites (tertiary alicyclic amines) is 1. The maximum atomic E-state index is 11.4. The van der Waals surface area contributed by atoms with Crippen molar-refractivity contribution in [1.29, 1.82) is 0 Å². The molecule has 1 aromatic heterocycles. The third kappa shape index (κ3) is 3.67. The van der Waals surface area contributed by atoms with Crippen molar-refractivity contribution < 1.29 is 19.7 Å². The van der Waals surface area contributed by atoms with Crippen LogP contribution in [-0.4, -0.2) is 45.3 Å². The van der Waals surface area contributed by atoms with E-state index in [1.807, 2.05) is 18.3 Å². The molecule has 0 bridgehead atoms. The number of aryl methyl sites for hydroxylation is 1. The number of H-pyrrole nitrogens is 1. The second-order valence-corrected chi connectivity index (χ2v) is 9.39. The molecule has 1 unspecified atom stereocenters. The van der Waals surface area contributed by atoms with Gasteiger partial charge in [-0.05, 0) is 73.9 Å². The largest absolute Gasteiger partial charge is 0.496 e. The van der Waals surface area contributed by atoms with Gasteiger partial charge in [0, 0.05) is 41.8 Å². The number of carbonyl (C=O) groups is 1. The zero-order chi connectivity index (χ0) is 22.5. The van der Waals surface area contributed by atoms with Gasteiger partial charge in [0.1, 0.15) is 5.75 Å². The summed E-state index contributed by atoms with van der Waals surface area (Å²) in [5, 5.41) is 21.8. The highest BCUT2D eigenvalue weighted by atomic mass is 16.5. The maximum absolute atomic E-state index is 11.4. The van der Waals surface area contributed by atoms with Crippen molar-refractivity contribution >= 4 is 16.9 Å². The second-order valence-electron chi connectivity index (χ2n) is 9.39. The molecule has 1 saturated heterocycles. The van der Waals surface area contributed by atoms with Crippen LogP contribution in [0, 0.1) is 12.8 Å². The molecule has 2 aromatic carbocycles. The molecule has 0 radical (unpaired) electrons. The van der Waals surface area contributed by atoms with Crippen molar-refractivity contribution in [3.05, 3.63) is 64.8 Å². The predicted octanol–water partition coefficient (Wildman–Crippen LogP) is 4.66. The van der Waals surface area contributed by atoms with Gasteiger partial charge in [-0.1, -0.05) is 12.1 Å². The molecule has 2 aliphatic rings. The van der Waals surface area contributed by atoms with Crippen LogP contribution in [0.3, 0.4) is 0 Å². The molecule has 2 heterocycles. The molecule has 1 saturated carbocycles. The van der Waals surface area contributed by atoms with E-state index in [1.54, 1.807) is 19.2 Å². The van der Waals surface area contributed by atoms with Crippen LogP contribution >= 0.6 is 0 Å². The van der Waals surface area contributed by atoms with Crippen LogP contribution in [0.5, 0.6) is 5.75 Å². The molecule has 2 fully saturated rings. The van der Waals surface area contributed by atoms with E-state index in [1.165, 1.54) is 0 Å². The van der Waals surface area contributed by atoms with Crippen molar-refractivity contribution in [1.82, 2.24) is 9.88 Å². The number of carboxylic acid groups (broad SMARTS) is 1. The molecule has 0 amide bonds. The quantitative estimate of drug-likeness (QED) is 0.525. The zero-order valence-electron chi connectivity index (χ0n) is 18.6. The summed E-state index contributed by atoms with van der Waals surface area (Å²) in [6.45, 7) is 3.56. The summed E-state index contributed by atoms with van der Waals surface area (Å²) >= 11 is 0. The standard InChI is InChI=1S/C26H30N2O4/c1-16-13-23(32-2)21(20-9-11-27-24(16)20)15-28-12-10-26(31,19-7-8-19)14-22(28)17-3-5-18(6-4-17)25(29)30/h3-6,9,11,13,19,22,27,31H,7-8,10,12,14-15H2,1-2H3,(H,29,30)/t22?,26-/m0/s1. The SMILES string of the molecule is COc1cc(C)c2[nH]ccc2c1CN1CC[C@@](O)(C2CC2)CC1c1ccc(C(=O)O)cc1. The van der Waals surface area contributed by atoms with Crippen molar-refractivity contribution in [2.75, 3.05) is 13.7 Å². The topological polar surface area (TPSA) is 85.8 Å². The average Bonchev–Trinajstić information content (AvgIpc) is 3.54. The molecule has 1 aliphatic heterocycles. The highest BCUT2D eigenvalue weighted by Gasteiger charge is 2.48. The fraction of sp³-hybridized carbons (Fsp3) is 0.423. The molecule has 2 atom stereocenters. The van der Waals surface area contributed by atoms with E-state index < -0.39 is 11.6 Å². The van der Waals surface area contributed by atoms with Gasteiger partial charge in [0.25, 0.3) is 0 Å². The number of hydrogen-bond acceptors (Lipinski definition) is 4. The van der Waals surface area contributed by atoms with Crippen LogP contribution in [0.4, 0.5) is 0 Å². The van der Waals surface area contributed by atoms with Crippen LogP contribution in [0.1, 0.15) is 58.8 Å². The number of ether oxygens (including phenoxy) is 1. The number of fused-ring (bicyclic) bond motifs is 1. The van der Waals surface area contributed by atoms with Gasteiger partial charge in [0.05, 0.1) is 18.3 Å². The first kappa shape index (κ1) is 21.0. The summed E-state index contributed by atoms with van der Waals surface area (Å²) in [5.41, 5.74) is 4.09. The minimum atomic E-state index is -0.925. The van der Waals surface area contributed by atoms with E-state index in [0.717, 1.165) is 59.2 Å². The number of aliphatic hydroxyl groups is 1. The lowest BCUT2D eigenvalue weighted by molar-refractivity contribution is -0.0661. The smallest absolute Gasteiger partial charge is 0.335 e. The van der Waals surface area contributed by atoms with Gasteiger partial charge in [-0.3, -0.25) is 4.90 Å². The number of piperidine rings is 1. The monoisotopic (exact) mass is 434 g/mol. The number of nitrogens with zero attached hydrogens (tertiary/aromatic N) is 1. The Morgan fingerprint density at radius 2 is 2.00 bits per heavy atom. The normalized spacial score (nSPS) is 24.0. The lowest BCUT2D eigenvalue weighted by Gasteiger charge is -2.45. The Morgan fingerprint density at radius 3 is 2.66 bits per heavy atom. The van der Waals surface area contributed by atoms with Gasteiger partial charge >= 0.3 is 5.97 Å². The predicted molar refractivity (Wildman–Crippen MR) is 123 cm³/mol. The van der Waals surface area contributed by atoms with E-state index in [2.05, 4.69) is 28.9 Å². The fourth-order valence-electron chi connectivity index (χ4n) is 5.40. The number of methoxy groups -OCH3 is 1. The third-order valence-electron chi connectivity index (χ3n) is 7.39. The van der Waals surface area contributed by atoms with Crippen LogP contribution in [0.2, 0.25) is 0 Å². The molecule has 0 spiro atoms. The lowest BCUT2D eigenvalue weighted by atomic mass is 9.80. The van der Waals surface area contributed by atoms with Crippen LogP contribution < -0.4 is 4.74 Å². The van der Waals surface area contributed by atoms with E-state index >= 15 is 0 Å². The highest BCUT2D eigenvalue weighted by Crippen LogP contribution is 2.50. The lowest BCUT2D eigenvalue weighted by Crippen LogP contribution is -2.47. The van der Waals surface area contributed by atoms with Gasteiger partial charge in [-0.2, -0.15) is 0 Å². The van der Waals surface area contributed by atoms with E-state index in [-0.39, 0.29) is 11.6 Å². The molecule has 1 aliphatic carbocycles. The number of aromatic amines is 1. The number of nitrogens with one attached hydrogen (secondary N) is 1. The van der Waals surface area contributed by atoms with Crippen LogP contribution in [-0.2, 0) is 6.54 Å². The van der Waals surface area contributed by atoms with Crippen molar-refractivity contribution in [2.45, 2.75) is 50.8 Å². The Balaban J connectivity index is 1.52. The molecule has 6 nitrogen and oxygen atoms in total. The summed E-state index contributed by atoms with van der Waals surface area (Å²) < 4.78 is 5.76. The van der Waals surface area contributed by atoms with Crippen molar-refractivity contribution in [3.8, 4) is 5.75 Å². The highest BCUT2D eigenvalue weighted by molar-refractivity contribution is 5.88. The van der Waals surface area contributed by atoms with Crippen molar-refractivity contribution in [3.63, 3.8) is 0 Å². The number of hydrogen-bond donors (Lipinski definition) is 3. The molecular weight excluding hydrogens is 404 g/mol. The number of rotatable bonds is 6. The van der Waals surface area contributed by atoms with Gasteiger partial charge < -0.3 is 19.9 Å². The van der Waals surface area contributed by atoms with E-state index in [0.29, 0.717) is 18.9 Å². The Labute approximate surface area is 187 Å². The Bertz CT molecular complexity index is 1150. The third-order valence-corrected chi connectivity index (χ3v) is 7.39. The second kappa shape index (κ2) is 7.94. The summed E-state index contributed by atoms with van der Waals surface area (Å²) in [6, 6.07) is 11.3. The van der Waals surface area contributed by atoms with Crippen molar-refractivity contribution in [2.24, 2.45) is 5.92 Å². The molecule has 3 aromatic rings. The van der Waals surface area contributed by atoms with Crippen LogP contribution in [0.25, 0.3) is 10.9 Å². The molecular formula is C26H30N2O4. The Morgan fingerprint density at radius 1 is 1.25 bits per heavy atom. The van der Waals surface area contributed by atoms with Crippen LogP contribution in [0.15, 0.2) is 42.6 Å². The number of benzene rings is 2. The Kier molecular flexibility index (Phi) is 5.22.